The summed E-state index contributed by atoms with van der Waals surface area (Å²) in [5, 5.41) is 0. The number of ether oxygens (including phenoxy) is 1. The Morgan fingerprint density at radius 3 is 2.10 bits per heavy atom. The number of rotatable bonds is 14. The molecule has 0 atom stereocenters. The van der Waals surface area contributed by atoms with Crippen LogP contribution in [0.5, 0.6) is 5.75 Å². The van der Waals surface area contributed by atoms with Gasteiger partial charge in [-0.15, -0.1) is 0 Å². The Hall–Kier alpha value is -3.90. The number of nitrogens with zero attached hydrogens (tertiary/aromatic N) is 3. The van der Waals surface area contributed by atoms with Crippen LogP contribution in [0.1, 0.15) is 55.2 Å². The molecule has 1 fully saturated rings. The van der Waals surface area contributed by atoms with Crippen molar-refractivity contribution in [2.75, 3.05) is 52.9 Å². The highest BCUT2D eigenvalue weighted by Crippen LogP contribution is 2.27. The van der Waals surface area contributed by atoms with E-state index in [-0.39, 0.29) is 17.7 Å². The molecule has 4 rings (SSSR count). The number of benzene rings is 3. The van der Waals surface area contributed by atoms with Crippen LogP contribution in [0.4, 0.5) is 0 Å². The highest BCUT2D eigenvalue weighted by Gasteiger charge is 2.30. The van der Waals surface area contributed by atoms with Crippen LogP contribution in [0.2, 0.25) is 0 Å². The number of amides is 2. The van der Waals surface area contributed by atoms with Crippen LogP contribution in [0, 0.1) is 0 Å². The monoisotopic (exact) mass is 567 g/mol. The number of hydrogen-bond acceptors (Lipinski definition) is 4. The fourth-order valence-corrected chi connectivity index (χ4v) is 5.52. The molecule has 0 unspecified atom stereocenters. The van der Waals surface area contributed by atoms with E-state index in [9.17, 15) is 9.59 Å². The van der Waals surface area contributed by atoms with Gasteiger partial charge in [0.05, 0.1) is 13.0 Å². The van der Waals surface area contributed by atoms with E-state index in [2.05, 4.69) is 17.9 Å². The van der Waals surface area contributed by atoms with Crippen LogP contribution < -0.4 is 4.74 Å². The predicted octanol–water partition coefficient (Wildman–Crippen LogP) is 6.09. The molecule has 1 aliphatic heterocycles. The van der Waals surface area contributed by atoms with Gasteiger partial charge in [-0.1, -0.05) is 111 Å². The van der Waals surface area contributed by atoms with Crippen molar-refractivity contribution in [1.82, 2.24) is 14.7 Å². The van der Waals surface area contributed by atoms with Crippen molar-refractivity contribution in [1.29, 1.82) is 0 Å². The van der Waals surface area contributed by atoms with E-state index in [1.165, 1.54) is 0 Å². The first kappa shape index (κ1) is 31.0. The zero-order valence-electron chi connectivity index (χ0n) is 25.2. The molecule has 1 aliphatic rings. The molecule has 1 saturated heterocycles. The van der Waals surface area contributed by atoms with Gasteiger partial charge in [0.25, 0.3) is 0 Å². The third-order valence-corrected chi connectivity index (χ3v) is 7.99. The summed E-state index contributed by atoms with van der Waals surface area (Å²) in [5.74, 6) is 0.880. The van der Waals surface area contributed by atoms with Gasteiger partial charge in [0.1, 0.15) is 5.75 Å². The molecule has 6 nitrogen and oxygen atoms in total. The van der Waals surface area contributed by atoms with Gasteiger partial charge in [-0.25, -0.2) is 0 Å². The minimum Gasteiger partial charge on any atom is -0.496 e. The zero-order chi connectivity index (χ0) is 29.6. The number of carbonyl (C=O) groups excluding carboxylic acids is 2. The fraction of sp³-hybridized carbons (Fsp3) is 0.389. The third kappa shape index (κ3) is 8.80. The van der Waals surface area contributed by atoms with Gasteiger partial charge in [0, 0.05) is 57.8 Å². The molecule has 0 bridgehead atoms. The molecule has 0 radical (unpaired) electrons. The fourth-order valence-electron chi connectivity index (χ4n) is 5.52. The number of unbranched alkanes of at least 4 members (excludes halogenated alkanes) is 2. The van der Waals surface area contributed by atoms with Crippen molar-refractivity contribution < 1.29 is 14.3 Å². The maximum Gasteiger partial charge on any atom is 0.234 e. The Labute approximate surface area is 251 Å². The largest absolute Gasteiger partial charge is 0.496 e. The quantitative estimate of drug-likeness (QED) is 0.221. The van der Waals surface area contributed by atoms with Gasteiger partial charge < -0.3 is 14.5 Å². The van der Waals surface area contributed by atoms with E-state index >= 15 is 0 Å². The second-order valence-corrected chi connectivity index (χ2v) is 10.9. The first-order valence-electron chi connectivity index (χ1n) is 15.3. The number of methoxy groups -OCH3 is 1. The van der Waals surface area contributed by atoms with Crippen LogP contribution in [-0.4, -0.2) is 79.4 Å². The van der Waals surface area contributed by atoms with Gasteiger partial charge in [0.15, 0.2) is 0 Å². The molecule has 0 aliphatic carbocycles. The molecule has 0 spiro atoms. The lowest BCUT2D eigenvalue weighted by atomic mass is 9.90. The average molecular weight is 568 g/mol. The van der Waals surface area contributed by atoms with E-state index < -0.39 is 0 Å². The first-order valence-corrected chi connectivity index (χ1v) is 15.3. The highest BCUT2D eigenvalue weighted by atomic mass is 16.5. The molecule has 0 aromatic heterocycles. The Bertz CT molecular complexity index is 1230. The lowest BCUT2D eigenvalue weighted by Gasteiger charge is -2.37. The van der Waals surface area contributed by atoms with E-state index in [0.717, 1.165) is 61.3 Å². The molecule has 1 heterocycles. The Morgan fingerprint density at radius 1 is 0.857 bits per heavy atom. The van der Waals surface area contributed by atoms with Crippen molar-refractivity contribution in [3.8, 4) is 5.75 Å². The van der Waals surface area contributed by atoms with Gasteiger partial charge in [-0.05, 0) is 23.6 Å². The molecular weight excluding hydrogens is 522 g/mol. The van der Waals surface area contributed by atoms with E-state index in [0.29, 0.717) is 32.6 Å². The van der Waals surface area contributed by atoms with Gasteiger partial charge >= 0.3 is 0 Å². The van der Waals surface area contributed by atoms with Crippen LogP contribution in [0.15, 0.2) is 91.0 Å². The Morgan fingerprint density at radius 2 is 1.48 bits per heavy atom. The summed E-state index contributed by atoms with van der Waals surface area (Å²) in [4.78, 5) is 33.3. The lowest BCUT2D eigenvalue weighted by molar-refractivity contribution is -0.133. The maximum atomic E-state index is 13.8. The summed E-state index contributed by atoms with van der Waals surface area (Å²) >= 11 is 0. The van der Waals surface area contributed by atoms with Crippen LogP contribution in [0.3, 0.4) is 0 Å². The maximum absolute atomic E-state index is 13.8. The van der Waals surface area contributed by atoms with Gasteiger partial charge in [-0.2, -0.15) is 0 Å². The van der Waals surface area contributed by atoms with Crippen LogP contribution in [-0.2, 0) is 9.59 Å². The number of piperazine rings is 1. The number of para-hydroxylation sites is 1. The summed E-state index contributed by atoms with van der Waals surface area (Å²) in [6.07, 6.45) is 7.76. The van der Waals surface area contributed by atoms with E-state index in [1.54, 1.807) is 7.11 Å². The predicted molar refractivity (Wildman–Crippen MR) is 170 cm³/mol. The molecule has 3 aromatic carbocycles. The summed E-state index contributed by atoms with van der Waals surface area (Å²) in [5.41, 5.74) is 3.05. The summed E-state index contributed by atoms with van der Waals surface area (Å²) in [6, 6.07) is 28.0. The van der Waals surface area contributed by atoms with Crippen LogP contribution >= 0.6 is 0 Å². The minimum atomic E-state index is -0.301. The smallest absolute Gasteiger partial charge is 0.234 e. The second-order valence-electron chi connectivity index (χ2n) is 10.9. The van der Waals surface area contributed by atoms with E-state index in [1.807, 2.05) is 101 Å². The van der Waals surface area contributed by atoms with Crippen molar-refractivity contribution in [2.24, 2.45) is 0 Å². The van der Waals surface area contributed by atoms with E-state index in [4.69, 9.17) is 4.74 Å². The topological polar surface area (TPSA) is 53.1 Å². The average Bonchev–Trinajstić information content (AvgIpc) is 3.04. The molecule has 222 valence electrons. The second kappa shape index (κ2) is 16.5. The number of hydrogen-bond donors (Lipinski definition) is 0. The minimum absolute atomic E-state index is 0.154. The third-order valence-electron chi connectivity index (χ3n) is 7.99. The summed E-state index contributed by atoms with van der Waals surface area (Å²) < 4.78 is 5.47. The van der Waals surface area contributed by atoms with Crippen molar-refractivity contribution in [3.63, 3.8) is 0 Å². The lowest BCUT2D eigenvalue weighted by Crippen LogP contribution is -2.51. The molecule has 3 aromatic rings. The molecule has 0 N–H and O–H groups in total. The van der Waals surface area contributed by atoms with Crippen molar-refractivity contribution in [2.45, 2.75) is 38.5 Å². The summed E-state index contributed by atoms with van der Waals surface area (Å²) in [6.45, 7) is 7.17. The molecule has 0 saturated carbocycles. The zero-order valence-corrected chi connectivity index (χ0v) is 25.2. The van der Waals surface area contributed by atoms with Crippen LogP contribution in [0.25, 0.3) is 6.08 Å². The normalized spacial score (nSPS) is 13.9. The van der Waals surface area contributed by atoms with Crippen molar-refractivity contribution >= 4 is 17.9 Å². The SMILES string of the molecule is CCCCCC(=O)N(C/C=C/c1ccccc1OC)CCN1CCN(C(=O)C(c2ccccc2)c2ccccc2)CC1. The Balaban J connectivity index is 1.35. The number of carbonyl (C=O) groups is 2. The molecule has 2 amide bonds. The van der Waals surface area contributed by atoms with Gasteiger partial charge in [-0.3, -0.25) is 14.5 Å². The summed E-state index contributed by atoms with van der Waals surface area (Å²) in [7, 11) is 1.67. The molecular formula is C36H45N3O3. The van der Waals surface area contributed by atoms with Gasteiger partial charge in [0.2, 0.25) is 11.8 Å². The van der Waals surface area contributed by atoms with Crippen molar-refractivity contribution in [3.05, 3.63) is 108 Å². The highest BCUT2D eigenvalue weighted by molar-refractivity contribution is 5.87. The first-order chi connectivity index (χ1) is 20.6. The molecule has 6 heteroatoms. The standard InChI is InChI=1S/C36H45N3O3/c1-3-4-7-22-34(40)38(23-14-20-30-15-12-13-21-33(30)42-2)27-24-37-25-28-39(29-26-37)36(41)35(31-16-8-5-9-17-31)32-18-10-6-11-19-32/h5-6,8-21,35H,3-4,7,22-29H2,1-2H3/b20-14+. The Kier molecular flexibility index (Phi) is 12.2. The molecule has 42 heavy (non-hydrogen) atoms.